The standard InChI is InChI=1S/C16H21NO4/c1-2-8-17-9-12(15-13(17)14(18)16(19)21-15)20-10-11-6-4-3-5-7-11/h2-7,12-16,18-19H,1,8-10H2/t12-,13-,14-,15-,16?/m1/s1. The topological polar surface area (TPSA) is 62.2 Å². The second-order valence-corrected chi connectivity index (χ2v) is 5.55. The van der Waals surface area contributed by atoms with Crippen LogP contribution in [-0.4, -0.2) is 58.8 Å². The molecule has 0 spiro atoms. The molecule has 2 N–H and O–H groups in total. The first kappa shape index (κ1) is 14.7. The molecule has 1 aromatic carbocycles. The Labute approximate surface area is 124 Å². The molecule has 2 saturated heterocycles. The van der Waals surface area contributed by atoms with Crippen LogP contribution >= 0.6 is 0 Å². The first-order valence-corrected chi connectivity index (χ1v) is 7.23. The van der Waals surface area contributed by atoms with E-state index in [9.17, 15) is 10.2 Å². The number of aliphatic hydroxyl groups excluding tert-OH is 2. The van der Waals surface area contributed by atoms with Gasteiger partial charge in [0.1, 0.15) is 12.2 Å². The summed E-state index contributed by atoms with van der Waals surface area (Å²) in [6.07, 6.45) is -0.732. The first-order valence-electron chi connectivity index (χ1n) is 7.23. The van der Waals surface area contributed by atoms with Crippen molar-refractivity contribution >= 4 is 0 Å². The van der Waals surface area contributed by atoms with E-state index in [1.165, 1.54) is 0 Å². The van der Waals surface area contributed by atoms with E-state index in [1.807, 2.05) is 35.2 Å². The van der Waals surface area contributed by atoms with E-state index >= 15 is 0 Å². The summed E-state index contributed by atoms with van der Waals surface area (Å²) in [6.45, 7) is 5.53. The number of hydrogen-bond donors (Lipinski definition) is 2. The third kappa shape index (κ3) is 2.88. The fourth-order valence-corrected chi connectivity index (χ4v) is 3.16. The molecular formula is C16H21NO4. The molecule has 21 heavy (non-hydrogen) atoms. The van der Waals surface area contributed by atoms with Gasteiger partial charge in [-0.3, -0.25) is 4.90 Å². The number of likely N-dealkylation sites (tertiary alicyclic amines) is 1. The molecule has 5 heteroatoms. The maximum Gasteiger partial charge on any atom is 0.183 e. The molecule has 2 fully saturated rings. The summed E-state index contributed by atoms with van der Waals surface area (Å²) in [6, 6.07) is 9.69. The molecular weight excluding hydrogens is 270 g/mol. The smallest absolute Gasteiger partial charge is 0.183 e. The number of fused-ring (bicyclic) bond motifs is 1. The lowest BCUT2D eigenvalue weighted by Crippen LogP contribution is -2.42. The zero-order chi connectivity index (χ0) is 14.8. The zero-order valence-electron chi connectivity index (χ0n) is 11.8. The number of nitrogens with zero attached hydrogens (tertiary/aromatic N) is 1. The van der Waals surface area contributed by atoms with Gasteiger partial charge in [-0.05, 0) is 5.56 Å². The van der Waals surface area contributed by atoms with Crippen molar-refractivity contribution in [2.24, 2.45) is 0 Å². The Morgan fingerprint density at radius 3 is 2.81 bits per heavy atom. The Balaban J connectivity index is 1.67. The Hall–Kier alpha value is -1.24. The monoisotopic (exact) mass is 291 g/mol. The van der Waals surface area contributed by atoms with Crippen LogP contribution < -0.4 is 0 Å². The molecule has 1 aromatic rings. The maximum absolute atomic E-state index is 10.1. The molecule has 0 aromatic heterocycles. The highest BCUT2D eigenvalue weighted by atomic mass is 16.6. The summed E-state index contributed by atoms with van der Waals surface area (Å²) >= 11 is 0. The van der Waals surface area contributed by atoms with Crippen LogP contribution in [0, 0.1) is 0 Å². The van der Waals surface area contributed by atoms with Gasteiger partial charge < -0.3 is 19.7 Å². The van der Waals surface area contributed by atoms with Gasteiger partial charge in [0, 0.05) is 13.1 Å². The van der Waals surface area contributed by atoms with Crippen molar-refractivity contribution in [1.82, 2.24) is 4.90 Å². The van der Waals surface area contributed by atoms with Gasteiger partial charge >= 0.3 is 0 Å². The van der Waals surface area contributed by atoms with E-state index < -0.39 is 12.4 Å². The van der Waals surface area contributed by atoms with Crippen LogP contribution in [0.2, 0.25) is 0 Å². The largest absolute Gasteiger partial charge is 0.386 e. The third-order valence-electron chi connectivity index (χ3n) is 4.15. The molecule has 114 valence electrons. The first-order chi connectivity index (χ1) is 10.2. The SMILES string of the molecule is C=CCN1C[C@@H](OCc2ccccc2)[C@H]2OC(O)[C@H](O)[C@H]21. The van der Waals surface area contributed by atoms with Crippen molar-refractivity contribution in [3.8, 4) is 0 Å². The van der Waals surface area contributed by atoms with Crippen LogP contribution in [0.3, 0.4) is 0 Å². The van der Waals surface area contributed by atoms with Gasteiger partial charge in [-0.1, -0.05) is 36.4 Å². The molecule has 0 bridgehead atoms. The second kappa shape index (κ2) is 6.25. The lowest BCUT2D eigenvalue weighted by Gasteiger charge is -2.23. The minimum Gasteiger partial charge on any atom is -0.386 e. The van der Waals surface area contributed by atoms with Crippen molar-refractivity contribution in [3.05, 3.63) is 48.6 Å². The summed E-state index contributed by atoms with van der Waals surface area (Å²) in [4.78, 5) is 2.05. The molecule has 0 amide bonds. The third-order valence-corrected chi connectivity index (χ3v) is 4.15. The summed E-state index contributed by atoms with van der Waals surface area (Å²) in [5.41, 5.74) is 1.09. The van der Waals surface area contributed by atoms with Gasteiger partial charge in [0.2, 0.25) is 0 Å². The van der Waals surface area contributed by atoms with E-state index in [4.69, 9.17) is 9.47 Å². The van der Waals surface area contributed by atoms with E-state index in [2.05, 4.69) is 6.58 Å². The number of rotatable bonds is 5. The van der Waals surface area contributed by atoms with Gasteiger partial charge in [-0.15, -0.1) is 6.58 Å². The van der Waals surface area contributed by atoms with E-state index in [0.29, 0.717) is 19.7 Å². The summed E-state index contributed by atoms with van der Waals surface area (Å²) in [7, 11) is 0. The molecule has 2 aliphatic heterocycles. The summed E-state index contributed by atoms with van der Waals surface area (Å²) in [5, 5.41) is 19.8. The highest BCUT2D eigenvalue weighted by Crippen LogP contribution is 2.34. The zero-order valence-corrected chi connectivity index (χ0v) is 11.8. The van der Waals surface area contributed by atoms with Crippen LogP contribution in [0.1, 0.15) is 5.56 Å². The Kier molecular flexibility index (Phi) is 4.37. The van der Waals surface area contributed by atoms with E-state index in [1.54, 1.807) is 6.08 Å². The van der Waals surface area contributed by atoms with Crippen LogP contribution in [0.5, 0.6) is 0 Å². The molecule has 1 unspecified atom stereocenters. The van der Waals surface area contributed by atoms with Gasteiger partial charge in [0.15, 0.2) is 6.29 Å². The molecule has 5 atom stereocenters. The molecule has 0 radical (unpaired) electrons. The lowest BCUT2D eigenvalue weighted by molar-refractivity contribution is -0.154. The van der Waals surface area contributed by atoms with Crippen molar-refractivity contribution in [3.63, 3.8) is 0 Å². The van der Waals surface area contributed by atoms with Crippen LogP contribution in [0.15, 0.2) is 43.0 Å². The predicted octanol–water partition coefficient (Wildman–Crippen LogP) is 0.520. The lowest BCUT2D eigenvalue weighted by atomic mass is 10.1. The van der Waals surface area contributed by atoms with E-state index in [-0.39, 0.29) is 18.2 Å². The fourth-order valence-electron chi connectivity index (χ4n) is 3.16. The summed E-state index contributed by atoms with van der Waals surface area (Å²) < 4.78 is 11.4. The van der Waals surface area contributed by atoms with Gasteiger partial charge in [0.05, 0.1) is 18.8 Å². The fraction of sp³-hybridized carbons (Fsp3) is 0.500. The van der Waals surface area contributed by atoms with Gasteiger partial charge in [0.25, 0.3) is 0 Å². The molecule has 2 heterocycles. The maximum atomic E-state index is 10.1. The van der Waals surface area contributed by atoms with Gasteiger partial charge in [-0.2, -0.15) is 0 Å². The Bertz CT molecular complexity index is 480. The normalized spacial score (nSPS) is 35.8. The highest BCUT2D eigenvalue weighted by molar-refractivity contribution is 5.14. The number of ether oxygens (including phenoxy) is 2. The number of hydrogen-bond acceptors (Lipinski definition) is 5. The van der Waals surface area contributed by atoms with Crippen molar-refractivity contribution in [1.29, 1.82) is 0 Å². The average molecular weight is 291 g/mol. The Morgan fingerprint density at radius 1 is 1.33 bits per heavy atom. The molecule has 2 aliphatic rings. The van der Waals surface area contributed by atoms with Crippen molar-refractivity contribution < 1.29 is 19.7 Å². The quantitative estimate of drug-likeness (QED) is 0.775. The van der Waals surface area contributed by atoms with Crippen molar-refractivity contribution in [2.45, 2.75) is 37.3 Å². The van der Waals surface area contributed by atoms with Gasteiger partial charge in [-0.25, -0.2) is 0 Å². The number of aliphatic hydroxyl groups is 2. The van der Waals surface area contributed by atoms with Crippen LogP contribution in [0.4, 0.5) is 0 Å². The molecule has 3 rings (SSSR count). The number of benzene rings is 1. The van der Waals surface area contributed by atoms with Crippen molar-refractivity contribution in [2.75, 3.05) is 13.1 Å². The minimum absolute atomic E-state index is 0.165. The second-order valence-electron chi connectivity index (χ2n) is 5.55. The van der Waals surface area contributed by atoms with Crippen LogP contribution in [0.25, 0.3) is 0 Å². The highest BCUT2D eigenvalue weighted by Gasteiger charge is 2.54. The Morgan fingerprint density at radius 2 is 2.10 bits per heavy atom. The minimum atomic E-state index is -1.14. The predicted molar refractivity (Wildman–Crippen MR) is 77.5 cm³/mol. The molecule has 5 nitrogen and oxygen atoms in total. The summed E-state index contributed by atoms with van der Waals surface area (Å²) in [5.74, 6) is 0. The average Bonchev–Trinajstić information content (AvgIpc) is 2.97. The van der Waals surface area contributed by atoms with Crippen LogP contribution in [-0.2, 0) is 16.1 Å². The molecule has 0 aliphatic carbocycles. The van der Waals surface area contributed by atoms with E-state index in [0.717, 1.165) is 5.56 Å². The molecule has 0 saturated carbocycles.